The SMILES string of the molecule is COCc1ncc(-c2ccc(S(=O)(=O)Nc3cc(F)c(C(=O)N[C@@H](Cc4ccc(-n5c(=O)c6ccncc6n(C)c5=O)nc4)C(=O)OC4CCCCCC4)cc3F)cc2)cn1. The fourth-order valence-electron chi connectivity index (χ4n) is 6.97. The van der Waals surface area contributed by atoms with Gasteiger partial charge < -0.3 is 14.8 Å². The van der Waals surface area contributed by atoms with Gasteiger partial charge in [-0.2, -0.15) is 0 Å². The van der Waals surface area contributed by atoms with Crippen molar-refractivity contribution in [2.45, 2.75) is 68.6 Å². The Kier molecular flexibility index (Phi) is 12.7. The molecular weight excluding hydrogens is 815 g/mol. The zero-order valence-electron chi connectivity index (χ0n) is 33.0. The first-order chi connectivity index (χ1) is 29.3. The van der Waals surface area contributed by atoms with E-state index in [1.807, 2.05) is 4.72 Å². The first-order valence-corrected chi connectivity index (χ1v) is 20.8. The van der Waals surface area contributed by atoms with Crippen LogP contribution in [-0.2, 0) is 44.4 Å². The average molecular weight is 855 g/mol. The molecule has 0 radical (unpaired) electrons. The Morgan fingerprint density at radius 3 is 2.28 bits per heavy atom. The topological polar surface area (TPSA) is 206 Å². The Balaban J connectivity index is 1.09. The number of nitrogens with zero attached hydrogens (tertiary/aromatic N) is 6. The van der Waals surface area contributed by atoms with E-state index in [1.54, 1.807) is 12.4 Å². The van der Waals surface area contributed by atoms with Gasteiger partial charge in [-0.3, -0.25) is 23.9 Å². The number of aromatic nitrogens is 6. The highest BCUT2D eigenvalue weighted by atomic mass is 32.2. The standard InChI is InChI=1S/C42H40F2N8O8S/c1-51-36-23-45-16-15-30(36)40(54)52(42(51)56)38-14-9-25(20-48-38)17-35(41(55)60-28-7-5-3-4-6-8-28)49-39(53)31-18-33(44)34(19-32(31)43)50-61(57,58)29-12-10-26(11-13-29)27-21-46-37(24-59-2)47-22-27/h9-16,18-23,28,35,50H,3-8,17,24H2,1-2H3,(H,49,53)/t35-/m0/s1. The van der Waals surface area contributed by atoms with Crippen molar-refractivity contribution in [1.82, 2.24) is 34.4 Å². The number of rotatable bonds is 13. The minimum Gasteiger partial charge on any atom is -0.461 e. The number of hydrogen-bond donors (Lipinski definition) is 2. The van der Waals surface area contributed by atoms with Gasteiger partial charge in [-0.1, -0.05) is 31.0 Å². The normalized spacial score (nSPS) is 14.0. The number of pyridine rings is 2. The molecule has 4 aromatic heterocycles. The quantitative estimate of drug-likeness (QED) is 0.119. The van der Waals surface area contributed by atoms with Crippen LogP contribution in [0.5, 0.6) is 0 Å². The van der Waals surface area contributed by atoms with Gasteiger partial charge in [0.2, 0.25) is 0 Å². The second-order valence-corrected chi connectivity index (χ2v) is 16.1. The fraction of sp³-hybridized carbons (Fsp3) is 0.286. The van der Waals surface area contributed by atoms with Crippen LogP contribution >= 0.6 is 0 Å². The summed E-state index contributed by atoms with van der Waals surface area (Å²) in [7, 11) is -1.43. The van der Waals surface area contributed by atoms with Crippen LogP contribution in [0.4, 0.5) is 14.5 Å². The van der Waals surface area contributed by atoms with E-state index in [2.05, 4.69) is 25.3 Å². The largest absolute Gasteiger partial charge is 0.461 e. The summed E-state index contributed by atoms with van der Waals surface area (Å²) in [5.74, 6) is -4.06. The van der Waals surface area contributed by atoms with Crippen molar-refractivity contribution in [2.24, 2.45) is 7.05 Å². The fourth-order valence-corrected chi connectivity index (χ4v) is 8.03. The molecule has 0 spiro atoms. The van der Waals surface area contributed by atoms with Gasteiger partial charge in [0.25, 0.3) is 21.5 Å². The van der Waals surface area contributed by atoms with E-state index in [1.165, 1.54) is 79.8 Å². The molecule has 316 valence electrons. The van der Waals surface area contributed by atoms with Crippen molar-refractivity contribution in [3.8, 4) is 16.9 Å². The van der Waals surface area contributed by atoms with Crippen LogP contribution in [0, 0.1) is 11.6 Å². The highest BCUT2D eigenvalue weighted by Crippen LogP contribution is 2.26. The Hall–Kier alpha value is -6.73. The zero-order valence-corrected chi connectivity index (χ0v) is 33.8. The van der Waals surface area contributed by atoms with E-state index < -0.39 is 68.2 Å². The number of aryl methyl sites for hydroxylation is 1. The van der Waals surface area contributed by atoms with E-state index in [0.717, 1.165) is 30.3 Å². The lowest BCUT2D eigenvalue weighted by Gasteiger charge is -2.22. The summed E-state index contributed by atoms with van der Waals surface area (Å²) in [5, 5.41) is 2.69. The second kappa shape index (κ2) is 18.3. The summed E-state index contributed by atoms with van der Waals surface area (Å²) in [4.78, 5) is 70.1. The van der Waals surface area contributed by atoms with Crippen molar-refractivity contribution in [3.63, 3.8) is 0 Å². The average Bonchev–Trinajstić information content (AvgIpc) is 3.53. The van der Waals surface area contributed by atoms with Gasteiger partial charge in [-0.15, -0.1) is 0 Å². The zero-order chi connectivity index (χ0) is 43.3. The molecule has 0 bridgehead atoms. The molecule has 16 nitrogen and oxygen atoms in total. The van der Waals surface area contributed by atoms with Crippen LogP contribution in [0.15, 0.2) is 100 Å². The predicted molar refractivity (Wildman–Crippen MR) is 218 cm³/mol. The number of nitrogens with one attached hydrogen (secondary N) is 2. The summed E-state index contributed by atoms with van der Waals surface area (Å²) in [6.45, 7) is 0.221. The Labute approximate surface area is 347 Å². The molecule has 1 atom stereocenters. The maximum Gasteiger partial charge on any atom is 0.337 e. The molecule has 1 aliphatic rings. The van der Waals surface area contributed by atoms with Gasteiger partial charge in [-0.25, -0.2) is 46.3 Å². The monoisotopic (exact) mass is 854 g/mol. The molecular formula is C42H40F2N8O8S. The number of methoxy groups -OCH3 is 1. The summed E-state index contributed by atoms with van der Waals surface area (Å²) in [5.41, 5.74) is -0.919. The summed E-state index contributed by atoms with van der Waals surface area (Å²) >= 11 is 0. The number of carbonyl (C=O) groups excluding carboxylic acids is 2. The summed E-state index contributed by atoms with van der Waals surface area (Å²) in [6, 6.07) is 9.60. The maximum absolute atomic E-state index is 15.6. The number of amides is 1. The van der Waals surface area contributed by atoms with E-state index in [0.29, 0.717) is 53.0 Å². The van der Waals surface area contributed by atoms with Gasteiger partial charge >= 0.3 is 11.7 Å². The lowest BCUT2D eigenvalue weighted by atomic mass is 10.1. The van der Waals surface area contributed by atoms with Crippen LogP contribution in [-0.4, -0.2) is 68.6 Å². The number of benzene rings is 2. The van der Waals surface area contributed by atoms with E-state index in [4.69, 9.17) is 9.47 Å². The van der Waals surface area contributed by atoms with E-state index in [-0.39, 0.29) is 29.1 Å². The lowest BCUT2D eigenvalue weighted by molar-refractivity contribution is -0.152. The van der Waals surface area contributed by atoms with Crippen LogP contribution in [0.25, 0.3) is 27.8 Å². The van der Waals surface area contributed by atoms with Gasteiger partial charge in [0.15, 0.2) is 5.82 Å². The van der Waals surface area contributed by atoms with E-state index >= 15 is 8.78 Å². The molecule has 6 aromatic rings. The first-order valence-electron chi connectivity index (χ1n) is 19.3. The lowest BCUT2D eigenvalue weighted by Crippen LogP contribution is -2.44. The number of carbonyl (C=O) groups is 2. The predicted octanol–water partition coefficient (Wildman–Crippen LogP) is 4.77. The minimum absolute atomic E-state index is 0.000638. The molecule has 0 saturated heterocycles. The Morgan fingerprint density at radius 1 is 0.885 bits per heavy atom. The molecule has 4 heterocycles. The highest BCUT2D eigenvalue weighted by Gasteiger charge is 2.29. The minimum atomic E-state index is -4.43. The molecule has 19 heteroatoms. The van der Waals surface area contributed by atoms with Crippen molar-refractivity contribution in [3.05, 3.63) is 135 Å². The molecule has 61 heavy (non-hydrogen) atoms. The van der Waals surface area contributed by atoms with Crippen molar-refractivity contribution >= 4 is 38.5 Å². The molecule has 2 N–H and O–H groups in total. The number of ether oxygens (including phenoxy) is 2. The third-order valence-corrected chi connectivity index (χ3v) is 11.6. The molecule has 1 amide bonds. The summed E-state index contributed by atoms with van der Waals surface area (Å²) < 4.78 is 72.5. The molecule has 7 rings (SSSR count). The number of hydrogen-bond acceptors (Lipinski definition) is 12. The summed E-state index contributed by atoms with van der Waals surface area (Å²) in [6.07, 6.45) is 11.5. The number of halogens is 2. The molecule has 2 aromatic carbocycles. The molecule has 0 aliphatic heterocycles. The van der Waals surface area contributed by atoms with Gasteiger partial charge in [-0.05, 0) is 67.1 Å². The van der Waals surface area contributed by atoms with E-state index in [9.17, 15) is 27.6 Å². The van der Waals surface area contributed by atoms with Crippen LogP contribution in [0.1, 0.15) is 60.3 Å². The molecule has 1 saturated carbocycles. The third kappa shape index (κ3) is 9.52. The number of fused-ring (bicyclic) bond motifs is 1. The Bertz CT molecular complexity index is 2810. The smallest absolute Gasteiger partial charge is 0.337 e. The molecule has 0 unspecified atom stereocenters. The number of anilines is 1. The number of sulfonamides is 1. The van der Waals surface area contributed by atoms with Crippen molar-refractivity contribution in [1.29, 1.82) is 0 Å². The Morgan fingerprint density at radius 2 is 1.61 bits per heavy atom. The van der Waals surface area contributed by atoms with Crippen LogP contribution in [0.2, 0.25) is 0 Å². The molecule has 1 aliphatic carbocycles. The second-order valence-electron chi connectivity index (χ2n) is 14.4. The maximum atomic E-state index is 15.6. The van der Waals surface area contributed by atoms with Gasteiger partial charge in [0.1, 0.15) is 36.2 Å². The van der Waals surface area contributed by atoms with Gasteiger partial charge in [0, 0.05) is 57.0 Å². The van der Waals surface area contributed by atoms with Crippen LogP contribution < -0.4 is 21.3 Å². The van der Waals surface area contributed by atoms with Crippen molar-refractivity contribution < 1.29 is 36.3 Å². The van der Waals surface area contributed by atoms with Crippen molar-refractivity contribution in [2.75, 3.05) is 11.8 Å². The first kappa shape index (κ1) is 42.4. The number of esters is 1. The molecule has 1 fully saturated rings. The van der Waals surface area contributed by atoms with Crippen LogP contribution in [0.3, 0.4) is 0 Å². The highest BCUT2D eigenvalue weighted by molar-refractivity contribution is 7.92. The third-order valence-electron chi connectivity index (χ3n) is 10.2. The van der Waals surface area contributed by atoms with Gasteiger partial charge in [0.05, 0.1) is 33.2 Å².